The van der Waals surface area contributed by atoms with Crippen LogP contribution in [-0.4, -0.2) is 25.1 Å². The minimum absolute atomic E-state index is 0.239. The van der Waals surface area contributed by atoms with Gasteiger partial charge in [0.15, 0.2) is 5.79 Å². The van der Waals surface area contributed by atoms with Crippen LogP contribution < -0.4 is 0 Å². The van der Waals surface area contributed by atoms with Crippen LogP contribution in [0.25, 0.3) is 0 Å². The van der Waals surface area contributed by atoms with Crippen LogP contribution in [0.15, 0.2) is 18.2 Å². The summed E-state index contributed by atoms with van der Waals surface area (Å²) in [5.74, 6) is -0.326. The van der Waals surface area contributed by atoms with Crippen LogP contribution in [0.1, 0.15) is 31.2 Å². The van der Waals surface area contributed by atoms with Crippen LogP contribution in [0.2, 0.25) is 10.0 Å². The maximum absolute atomic E-state index is 6.13. The molecule has 1 spiro atoms. The SMILES string of the molecule is Clc1ccc(Cl)c(COC2CCC3(CC2)OCCO3)c1. The van der Waals surface area contributed by atoms with Gasteiger partial charge in [-0.15, -0.1) is 0 Å². The minimum Gasteiger partial charge on any atom is -0.373 e. The molecule has 1 saturated carbocycles. The van der Waals surface area contributed by atoms with Gasteiger partial charge in [0, 0.05) is 22.9 Å². The number of rotatable bonds is 3. The highest BCUT2D eigenvalue weighted by Gasteiger charge is 2.40. The molecule has 0 aromatic heterocycles. The Morgan fingerprint density at radius 3 is 2.55 bits per heavy atom. The summed E-state index contributed by atoms with van der Waals surface area (Å²) >= 11 is 12.1. The van der Waals surface area contributed by atoms with Gasteiger partial charge < -0.3 is 14.2 Å². The second-order valence-electron chi connectivity index (χ2n) is 5.35. The van der Waals surface area contributed by atoms with Gasteiger partial charge in [0.05, 0.1) is 25.9 Å². The molecule has 1 aliphatic carbocycles. The Labute approximate surface area is 129 Å². The number of hydrogen-bond donors (Lipinski definition) is 0. The average Bonchev–Trinajstić information content (AvgIpc) is 2.90. The third-order valence-electron chi connectivity index (χ3n) is 3.99. The van der Waals surface area contributed by atoms with Crippen molar-refractivity contribution in [2.24, 2.45) is 0 Å². The molecule has 1 aromatic carbocycles. The van der Waals surface area contributed by atoms with Crippen molar-refractivity contribution in [2.45, 2.75) is 44.2 Å². The lowest BCUT2D eigenvalue weighted by Crippen LogP contribution is -2.37. The summed E-state index contributed by atoms with van der Waals surface area (Å²) in [4.78, 5) is 0. The third kappa shape index (κ3) is 3.29. The molecule has 5 heteroatoms. The molecule has 1 saturated heterocycles. The number of hydrogen-bond acceptors (Lipinski definition) is 3. The molecule has 0 N–H and O–H groups in total. The minimum atomic E-state index is -0.326. The first-order valence-corrected chi connectivity index (χ1v) is 7.76. The van der Waals surface area contributed by atoms with Crippen molar-refractivity contribution in [3.63, 3.8) is 0 Å². The van der Waals surface area contributed by atoms with Crippen LogP contribution in [0.3, 0.4) is 0 Å². The van der Waals surface area contributed by atoms with E-state index in [0.29, 0.717) is 29.9 Å². The van der Waals surface area contributed by atoms with Gasteiger partial charge in [0.1, 0.15) is 0 Å². The molecule has 110 valence electrons. The van der Waals surface area contributed by atoms with Crippen molar-refractivity contribution in [1.29, 1.82) is 0 Å². The molecule has 3 rings (SSSR count). The summed E-state index contributed by atoms with van der Waals surface area (Å²) in [6.45, 7) is 1.92. The largest absolute Gasteiger partial charge is 0.373 e. The highest BCUT2D eigenvalue weighted by molar-refractivity contribution is 6.33. The Morgan fingerprint density at radius 2 is 1.85 bits per heavy atom. The fourth-order valence-corrected chi connectivity index (χ4v) is 3.21. The molecular formula is C15H18Cl2O3. The fourth-order valence-electron chi connectivity index (χ4n) is 2.85. The quantitative estimate of drug-likeness (QED) is 0.836. The zero-order valence-corrected chi connectivity index (χ0v) is 12.8. The van der Waals surface area contributed by atoms with Crippen molar-refractivity contribution >= 4 is 23.2 Å². The topological polar surface area (TPSA) is 27.7 Å². The summed E-state index contributed by atoms with van der Waals surface area (Å²) in [6.07, 6.45) is 3.96. The normalized spacial score (nSPS) is 22.5. The predicted molar refractivity (Wildman–Crippen MR) is 78.1 cm³/mol. The van der Waals surface area contributed by atoms with Crippen molar-refractivity contribution in [2.75, 3.05) is 13.2 Å². The van der Waals surface area contributed by atoms with E-state index < -0.39 is 0 Å². The molecule has 0 radical (unpaired) electrons. The summed E-state index contributed by atoms with van der Waals surface area (Å²) in [5, 5.41) is 1.38. The van der Waals surface area contributed by atoms with Crippen molar-refractivity contribution in [1.82, 2.24) is 0 Å². The molecule has 1 heterocycles. The Balaban J connectivity index is 1.51. The Kier molecular flexibility index (Phi) is 4.53. The van der Waals surface area contributed by atoms with Crippen LogP contribution in [0.4, 0.5) is 0 Å². The zero-order valence-electron chi connectivity index (χ0n) is 11.2. The molecule has 0 unspecified atom stereocenters. The summed E-state index contributed by atoms with van der Waals surface area (Å²) in [5.41, 5.74) is 0.938. The molecular weight excluding hydrogens is 299 g/mol. The second kappa shape index (κ2) is 6.20. The maximum atomic E-state index is 6.13. The van der Waals surface area contributed by atoms with Crippen LogP contribution in [0.5, 0.6) is 0 Å². The van der Waals surface area contributed by atoms with Crippen molar-refractivity contribution in [3.8, 4) is 0 Å². The van der Waals surface area contributed by atoms with Crippen LogP contribution >= 0.6 is 23.2 Å². The summed E-state index contributed by atoms with van der Waals surface area (Å²) < 4.78 is 17.4. The van der Waals surface area contributed by atoms with Crippen LogP contribution in [-0.2, 0) is 20.8 Å². The van der Waals surface area contributed by atoms with Gasteiger partial charge in [-0.1, -0.05) is 23.2 Å². The number of ether oxygens (including phenoxy) is 3. The number of benzene rings is 1. The lowest BCUT2D eigenvalue weighted by molar-refractivity contribution is -0.192. The molecule has 1 aromatic rings. The first-order valence-electron chi connectivity index (χ1n) is 7.00. The smallest absolute Gasteiger partial charge is 0.168 e. The van der Waals surface area contributed by atoms with Crippen LogP contribution in [0, 0.1) is 0 Å². The van der Waals surface area contributed by atoms with Gasteiger partial charge in [-0.05, 0) is 36.6 Å². The molecule has 1 aliphatic heterocycles. The molecule has 20 heavy (non-hydrogen) atoms. The summed E-state index contributed by atoms with van der Waals surface area (Å²) in [7, 11) is 0. The van der Waals surface area contributed by atoms with E-state index in [1.54, 1.807) is 12.1 Å². The van der Waals surface area contributed by atoms with E-state index in [2.05, 4.69) is 0 Å². The van der Waals surface area contributed by atoms with Gasteiger partial charge in [0.2, 0.25) is 0 Å². The van der Waals surface area contributed by atoms with E-state index in [4.69, 9.17) is 37.4 Å². The van der Waals surface area contributed by atoms with E-state index >= 15 is 0 Å². The van der Waals surface area contributed by atoms with Gasteiger partial charge in [-0.3, -0.25) is 0 Å². The van der Waals surface area contributed by atoms with Crippen molar-refractivity contribution in [3.05, 3.63) is 33.8 Å². The lowest BCUT2D eigenvalue weighted by atomic mass is 9.92. The molecule has 2 fully saturated rings. The van der Waals surface area contributed by atoms with E-state index in [-0.39, 0.29) is 11.9 Å². The maximum Gasteiger partial charge on any atom is 0.168 e. The first kappa shape index (κ1) is 14.6. The van der Waals surface area contributed by atoms with Gasteiger partial charge in [-0.2, -0.15) is 0 Å². The monoisotopic (exact) mass is 316 g/mol. The predicted octanol–water partition coefficient (Wildman–Crippen LogP) is 4.20. The Morgan fingerprint density at radius 1 is 1.15 bits per heavy atom. The molecule has 0 amide bonds. The van der Waals surface area contributed by atoms with E-state index in [0.717, 1.165) is 31.2 Å². The molecule has 0 atom stereocenters. The third-order valence-corrected chi connectivity index (χ3v) is 4.59. The number of halogens is 2. The summed E-state index contributed by atoms with van der Waals surface area (Å²) in [6, 6.07) is 5.45. The van der Waals surface area contributed by atoms with Gasteiger partial charge >= 0.3 is 0 Å². The van der Waals surface area contributed by atoms with E-state index in [1.807, 2.05) is 6.07 Å². The highest BCUT2D eigenvalue weighted by Crippen LogP contribution is 2.37. The highest BCUT2D eigenvalue weighted by atomic mass is 35.5. The lowest BCUT2D eigenvalue weighted by Gasteiger charge is -2.35. The fraction of sp³-hybridized carbons (Fsp3) is 0.600. The second-order valence-corrected chi connectivity index (χ2v) is 6.20. The van der Waals surface area contributed by atoms with Crippen molar-refractivity contribution < 1.29 is 14.2 Å². The standard InChI is InChI=1S/C15H18Cl2O3/c16-12-1-2-14(17)11(9-12)10-18-13-3-5-15(6-4-13)19-7-8-20-15/h1-2,9,13H,3-8,10H2. The van der Waals surface area contributed by atoms with Gasteiger partial charge in [-0.25, -0.2) is 0 Å². The average molecular weight is 317 g/mol. The molecule has 3 nitrogen and oxygen atoms in total. The first-order chi connectivity index (χ1) is 9.67. The Bertz CT molecular complexity index is 462. The molecule has 0 bridgehead atoms. The zero-order chi connectivity index (χ0) is 14.0. The Hall–Kier alpha value is -0.320. The van der Waals surface area contributed by atoms with Gasteiger partial charge in [0.25, 0.3) is 0 Å². The van der Waals surface area contributed by atoms with E-state index in [1.165, 1.54) is 0 Å². The van der Waals surface area contributed by atoms with E-state index in [9.17, 15) is 0 Å². The molecule has 2 aliphatic rings.